The summed E-state index contributed by atoms with van der Waals surface area (Å²) in [6, 6.07) is 12.1. The molecule has 0 aliphatic rings. The highest BCUT2D eigenvalue weighted by atomic mass is 19.4. The zero-order valence-electron chi connectivity index (χ0n) is 12.8. The second-order valence-electron chi connectivity index (χ2n) is 5.28. The summed E-state index contributed by atoms with van der Waals surface area (Å²) >= 11 is 0. The van der Waals surface area contributed by atoms with Crippen LogP contribution in [0.25, 0.3) is 22.2 Å². The molecule has 3 rings (SSSR count). The first kappa shape index (κ1) is 16.1. The number of carbonyl (C=O) groups is 1. The molecule has 3 nitrogen and oxygen atoms in total. The Morgan fingerprint density at radius 2 is 1.79 bits per heavy atom. The van der Waals surface area contributed by atoms with Crippen LogP contribution < -0.4 is 0 Å². The number of fused-ring (bicyclic) bond motifs is 1. The van der Waals surface area contributed by atoms with E-state index in [9.17, 15) is 18.0 Å². The van der Waals surface area contributed by atoms with Crippen molar-refractivity contribution in [2.24, 2.45) is 0 Å². The number of benzene rings is 2. The SMILES string of the molecule is CCOC(=O)c1ccc(-c2cc3ccc(C(F)(F)F)cc3[nH]2)cc1. The monoisotopic (exact) mass is 333 g/mol. The van der Waals surface area contributed by atoms with Crippen LogP contribution in [0.5, 0.6) is 0 Å². The zero-order chi connectivity index (χ0) is 17.3. The Labute approximate surface area is 136 Å². The normalized spacial score (nSPS) is 11.7. The number of alkyl halides is 3. The molecular weight excluding hydrogens is 319 g/mol. The van der Waals surface area contributed by atoms with Gasteiger partial charge in [0.05, 0.1) is 17.7 Å². The van der Waals surface area contributed by atoms with Crippen molar-refractivity contribution >= 4 is 16.9 Å². The average Bonchev–Trinajstić information content (AvgIpc) is 2.97. The van der Waals surface area contributed by atoms with Crippen LogP contribution in [0.15, 0.2) is 48.5 Å². The molecule has 3 aromatic rings. The Kier molecular flexibility index (Phi) is 4.05. The standard InChI is InChI=1S/C18H14F3NO2/c1-2-24-17(23)12-5-3-11(4-6-12)15-9-13-7-8-14(18(19,20)21)10-16(13)22-15/h3-10,22H,2H2,1H3. The topological polar surface area (TPSA) is 42.1 Å². The van der Waals surface area contributed by atoms with Crippen LogP contribution in [-0.4, -0.2) is 17.6 Å². The Balaban J connectivity index is 1.93. The van der Waals surface area contributed by atoms with Crippen LogP contribution >= 0.6 is 0 Å². The largest absolute Gasteiger partial charge is 0.462 e. The molecule has 0 saturated carbocycles. The van der Waals surface area contributed by atoms with Gasteiger partial charge in [0.1, 0.15) is 0 Å². The van der Waals surface area contributed by atoms with E-state index in [0.29, 0.717) is 28.8 Å². The number of esters is 1. The van der Waals surface area contributed by atoms with E-state index in [2.05, 4.69) is 4.98 Å². The van der Waals surface area contributed by atoms with E-state index in [1.165, 1.54) is 6.07 Å². The summed E-state index contributed by atoms with van der Waals surface area (Å²) in [6.07, 6.45) is -4.37. The van der Waals surface area contributed by atoms with Crippen LogP contribution in [0.4, 0.5) is 13.2 Å². The fourth-order valence-corrected chi connectivity index (χ4v) is 2.46. The van der Waals surface area contributed by atoms with Gasteiger partial charge in [-0.25, -0.2) is 4.79 Å². The molecule has 0 aliphatic carbocycles. The van der Waals surface area contributed by atoms with Crippen molar-refractivity contribution in [2.75, 3.05) is 6.61 Å². The fourth-order valence-electron chi connectivity index (χ4n) is 2.46. The van der Waals surface area contributed by atoms with Gasteiger partial charge in [-0.1, -0.05) is 18.2 Å². The third-order valence-electron chi connectivity index (χ3n) is 3.66. The van der Waals surface area contributed by atoms with Crippen molar-refractivity contribution in [2.45, 2.75) is 13.1 Å². The minimum Gasteiger partial charge on any atom is -0.462 e. The molecule has 2 aromatic carbocycles. The van der Waals surface area contributed by atoms with Gasteiger partial charge in [0.2, 0.25) is 0 Å². The number of carbonyl (C=O) groups excluding carboxylic acids is 1. The predicted octanol–water partition coefficient (Wildman–Crippen LogP) is 5.03. The lowest BCUT2D eigenvalue weighted by atomic mass is 10.1. The fraction of sp³-hybridized carbons (Fsp3) is 0.167. The van der Waals surface area contributed by atoms with Gasteiger partial charge in [-0.05, 0) is 42.8 Å². The smallest absolute Gasteiger partial charge is 0.416 e. The molecule has 24 heavy (non-hydrogen) atoms. The van der Waals surface area contributed by atoms with Crippen molar-refractivity contribution in [1.82, 2.24) is 4.98 Å². The first-order chi connectivity index (χ1) is 11.4. The lowest BCUT2D eigenvalue weighted by Gasteiger charge is -2.05. The molecule has 0 unspecified atom stereocenters. The molecule has 1 aromatic heterocycles. The maximum Gasteiger partial charge on any atom is 0.416 e. The van der Waals surface area contributed by atoms with Crippen molar-refractivity contribution in [3.8, 4) is 11.3 Å². The molecule has 0 fully saturated rings. The predicted molar refractivity (Wildman–Crippen MR) is 84.7 cm³/mol. The number of aromatic amines is 1. The summed E-state index contributed by atoms with van der Waals surface area (Å²) in [5, 5.41) is 0.687. The third kappa shape index (κ3) is 3.13. The van der Waals surface area contributed by atoms with Crippen molar-refractivity contribution in [1.29, 1.82) is 0 Å². The van der Waals surface area contributed by atoms with E-state index in [0.717, 1.165) is 17.7 Å². The number of ether oxygens (including phenoxy) is 1. The van der Waals surface area contributed by atoms with Crippen molar-refractivity contribution in [3.63, 3.8) is 0 Å². The molecule has 0 radical (unpaired) electrons. The summed E-state index contributed by atoms with van der Waals surface area (Å²) in [6.45, 7) is 2.02. The maximum absolute atomic E-state index is 12.8. The van der Waals surface area contributed by atoms with Crippen LogP contribution in [-0.2, 0) is 10.9 Å². The molecule has 6 heteroatoms. The van der Waals surface area contributed by atoms with Gasteiger partial charge in [0, 0.05) is 16.6 Å². The first-order valence-corrected chi connectivity index (χ1v) is 7.36. The molecule has 0 amide bonds. The molecule has 1 heterocycles. The Bertz CT molecular complexity index is 879. The minimum atomic E-state index is -4.37. The summed E-state index contributed by atoms with van der Waals surface area (Å²) in [4.78, 5) is 14.6. The van der Waals surface area contributed by atoms with Crippen LogP contribution in [0.3, 0.4) is 0 Å². The number of halogens is 3. The average molecular weight is 333 g/mol. The molecule has 0 aliphatic heterocycles. The van der Waals surface area contributed by atoms with E-state index < -0.39 is 17.7 Å². The molecular formula is C18H14F3NO2. The lowest BCUT2D eigenvalue weighted by molar-refractivity contribution is -0.137. The number of nitrogens with one attached hydrogen (secondary N) is 1. The third-order valence-corrected chi connectivity index (χ3v) is 3.66. The van der Waals surface area contributed by atoms with Gasteiger partial charge in [-0.2, -0.15) is 13.2 Å². The van der Waals surface area contributed by atoms with Gasteiger partial charge < -0.3 is 9.72 Å². The summed E-state index contributed by atoms with van der Waals surface area (Å²) in [5.41, 5.74) is 1.60. The Morgan fingerprint density at radius 3 is 2.42 bits per heavy atom. The molecule has 1 N–H and O–H groups in total. The Morgan fingerprint density at radius 1 is 1.08 bits per heavy atom. The number of rotatable bonds is 3. The van der Waals surface area contributed by atoms with E-state index in [-0.39, 0.29) is 0 Å². The van der Waals surface area contributed by atoms with Crippen LogP contribution in [0.1, 0.15) is 22.8 Å². The lowest BCUT2D eigenvalue weighted by Crippen LogP contribution is -2.04. The van der Waals surface area contributed by atoms with Gasteiger partial charge in [-0.15, -0.1) is 0 Å². The van der Waals surface area contributed by atoms with Gasteiger partial charge in [0.25, 0.3) is 0 Å². The molecule has 0 atom stereocenters. The Hall–Kier alpha value is -2.76. The highest BCUT2D eigenvalue weighted by Gasteiger charge is 2.30. The van der Waals surface area contributed by atoms with Gasteiger partial charge in [-0.3, -0.25) is 0 Å². The highest BCUT2D eigenvalue weighted by molar-refractivity contribution is 5.91. The zero-order valence-corrected chi connectivity index (χ0v) is 12.8. The van der Waals surface area contributed by atoms with Crippen molar-refractivity contribution in [3.05, 3.63) is 59.7 Å². The first-order valence-electron chi connectivity index (χ1n) is 7.36. The second-order valence-corrected chi connectivity index (χ2v) is 5.28. The highest BCUT2D eigenvalue weighted by Crippen LogP contribution is 2.32. The summed E-state index contributed by atoms with van der Waals surface area (Å²) in [7, 11) is 0. The molecule has 0 spiro atoms. The number of hydrogen-bond acceptors (Lipinski definition) is 2. The van der Waals surface area contributed by atoms with Crippen LogP contribution in [0.2, 0.25) is 0 Å². The number of H-pyrrole nitrogens is 1. The second kappa shape index (κ2) is 6.03. The van der Waals surface area contributed by atoms with E-state index >= 15 is 0 Å². The maximum atomic E-state index is 12.8. The number of aromatic nitrogens is 1. The summed E-state index contributed by atoms with van der Waals surface area (Å²) < 4.78 is 43.2. The number of hydrogen-bond donors (Lipinski definition) is 1. The van der Waals surface area contributed by atoms with E-state index in [1.54, 1.807) is 37.3 Å². The molecule has 124 valence electrons. The van der Waals surface area contributed by atoms with Crippen LogP contribution in [0, 0.1) is 0 Å². The minimum absolute atomic E-state index is 0.296. The quantitative estimate of drug-likeness (QED) is 0.683. The molecule has 0 bridgehead atoms. The van der Waals surface area contributed by atoms with Gasteiger partial charge in [0.15, 0.2) is 0 Å². The van der Waals surface area contributed by atoms with E-state index in [1.807, 2.05) is 0 Å². The van der Waals surface area contributed by atoms with E-state index in [4.69, 9.17) is 4.74 Å². The van der Waals surface area contributed by atoms with Crippen molar-refractivity contribution < 1.29 is 22.7 Å². The van der Waals surface area contributed by atoms with Gasteiger partial charge >= 0.3 is 12.1 Å². The summed E-state index contributed by atoms with van der Waals surface area (Å²) in [5.74, 6) is -0.407. The molecule has 0 saturated heterocycles.